The van der Waals surface area contributed by atoms with Crippen molar-refractivity contribution in [2.24, 2.45) is 0 Å². The first-order valence-corrected chi connectivity index (χ1v) is 5.82. The van der Waals surface area contributed by atoms with Crippen LogP contribution in [0.5, 0.6) is 11.5 Å². The maximum absolute atomic E-state index is 5.21. The van der Waals surface area contributed by atoms with Crippen molar-refractivity contribution in [1.29, 1.82) is 0 Å². The molecule has 0 N–H and O–H groups in total. The van der Waals surface area contributed by atoms with Crippen LogP contribution in [0, 0.1) is 3.01 Å². The van der Waals surface area contributed by atoms with Crippen molar-refractivity contribution in [3.63, 3.8) is 0 Å². The molecule has 1 aromatic heterocycles. The Morgan fingerprint density at radius 3 is 2.50 bits per heavy atom. The van der Waals surface area contributed by atoms with Gasteiger partial charge < -0.3 is 9.47 Å². The topological polar surface area (TPSA) is 31.4 Å². The van der Waals surface area contributed by atoms with Crippen LogP contribution in [0.25, 0.3) is 10.2 Å². The van der Waals surface area contributed by atoms with Gasteiger partial charge in [-0.15, -0.1) is 11.3 Å². The van der Waals surface area contributed by atoms with Crippen molar-refractivity contribution in [2.75, 3.05) is 14.2 Å². The van der Waals surface area contributed by atoms with E-state index in [-0.39, 0.29) is 0 Å². The fourth-order valence-electron chi connectivity index (χ4n) is 1.23. The lowest BCUT2D eigenvalue weighted by Crippen LogP contribution is -1.89. The van der Waals surface area contributed by atoms with Gasteiger partial charge in [0.1, 0.15) is 0 Å². The minimum atomic E-state index is 0.724. The Balaban J connectivity index is 2.68. The van der Waals surface area contributed by atoms with Crippen LogP contribution in [-0.4, -0.2) is 19.2 Å². The van der Waals surface area contributed by atoms with Gasteiger partial charge in [-0.2, -0.15) is 0 Å². The van der Waals surface area contributed by atoms with Crippen LogP contribution in [0.15, 0.2) is 12.1 Å². The maximum atomic E-state index is 5.21. The van der Waals surface area contributed by atoms with E-state index in [4.69, 9.17) is 9.47 Å². The smallest absolute Gasteiger partial charge is 0.162 e. The number of hydrogen-bond donors (Lipinski definition) is 0. The minimum absolute atomic E-state index is 0.724. The van der Waals surface area contributed by atoms with Crippen molar-refractivity contribution >= 4 is 44.1 Å². The molecule has 0 spiro atoms. The summed E-state index contributed by atoms with van der Waals surface area (Å²) in [7, 11) is 3.26. The van der Waals surface area contributed by atoms with Gasteiger partial charge in [0, 0.05) is 12.1 Å². The van der Waals surface area contributed by atoms with Crippen molar-refractivity contribution in [3.8, 4) is 11.5 Å². The van der Waals surface area contributed by atoms with Crippen molar-refractivity contribution in [2.45, 2.75) is 0 Å². The highest BCUT2D eigenvalue weighted by atomic mass is 127. The van der Waals surface area contributed by atoms with Crippen LogP contribution in [0.1, 0.15) is 0 Å². The molecule has 0 bridgehead atoms. The Bertz CT molecular complexity index is 428. The first-order valence-electron chi connectivity index (χ1n) is 3.92. The van der Waals surface area contributed by atoms with Gasteiger partial charge >= 0.3 is 0 Å². The summed E-state index contributed by atoms with van der Waals surface area (Å²) in [6.07, 6.45) is 0. The van der Waals surface area contributed by atoms with Crippen molar-refractivity contribution in [3.05, 3.63) is 15.1 Å². The fourth-order valence-corrected chi connectivity index (χ4v) is 2.90. The third-order valence-electron chi connectivity index (χ3n) is 1.87. The van der Waals surface area contributed by atoms with Crippen LogP contribution in [0.2, 0.25) is 0 Å². The van der Waals surface area contributed by atoms with Crippen LogP contribution in [0.3, 0.4) is 0 Å². The molecule has 2 rings (SSSR count). The van der Waals surface area contributed by atoms with E-state index in [0.29, 0.717) is 0 Å². The number of methoxy groups -OCH3 is 2. The molecule has 0 atom stereocenters. The lowest BCUT2D eigenvalue weighted by atomic mass is 10.3. The number of nitrogens with zero attached hydrogens (tertiary/aromatic N) is 1. The number of thiazole rings is 1. The zero-order valence-electron chi connectivity index (χ0n) is 7.70. The number of ether oxygens (including phenoxy) is 2. The third kappa shape index (κ3) is 1.66. The number of benzene rings is 1. The molecule has 0 amide bonds. The molecule has 0 aliphatic carbocycles. The molecule has 5 heteroatoms. The van der Waals surface area contributed by atoms with E-state index in [0.717, 1.165) is 24.7 Å². The molecule has 0 fully saturated rings. The molecule has 1 aromatic carbocycles. The van der Waals surface area contributed by atoms with E-state index in [1.54, 1.807) is 25.6 Å². The molecular formula is C9H8INO2S. The van der Waals surface area contributed by atoms with Gasteiger partial charge in [0.25, 0.3) is 0 Å². The SMILES string of the molecule is COc1cc2nc(I)sc2cc1OC. The van der Waals surface area contributed by atoms with Gasteiger partial charge in [-0.25, -0.2) is 4.98 Å². The molecule has 14 heavy (non-hydrogen) atoms. The summed E-state index contributed by atoms with van der Waals surface area (Å²) in [6.45, 7) is 0. The second-order valence-electron chi connectivity index (χ2n) is 2.64. The summed E-state index contributed by atoms with van der Waals surface area (Å²) in [6, 6.07) is 3.85. The number of halogens is 1. The van der Waals surface area contributed by atoms with Gasteiger partial charge in [-0.3, -0.25) is 0 Å². The van der Waals surface area contributed by atoms with Gasteiger partial charge in [-0.05, 0) is 22.6 Å². The summed E-state index contributed by atoms with van der Waals surface area (Å²) in [5.41, 5.74) is 0.956. The second-order valence-corrected chi connectivity index (χ2v) is 5.43. The van der Waals surface area contributed by atoms with E-state index < -0.39 is 0 Å². The molecule has 0 saturated carbocycles. The van der Waals surface area contributed by atoms with E-state index >= 15 is 0 Å². The Kier molecular flexibility index (Phi) is 2.78. The normalized spacial score (nSPS) is 10.5. The Hall–Kier alpha value is -0.560. The predicted octanol–water partition coefficient (Wildman–Crippen LogP) is 2.92. The summed E-state index contributed by atoms with van der Waals surface area (Å²) in [5.74, 6) is 1.47. The lowest BCUT2D eigenvalue weighted by molar-refractivity contribution is 0.356. The molecule has 0 radical (unpaired) electrons. The summed E-state index contributed by atoms with van der Waals surface area (Å²) >= 11 is 3.85. The van der Waals surface area contributed by atoms with Crippen LogP contribution in [-0.2, 0) is 0 Å². The molecule has 74 valence electrons. The second kappa shape index (κ2) is 3.90. The quantitative estimate of drug-likeness (QED) is 0.797. The van der Waals surface area contributed by atoms with E-state index in [2.05, 4.69) is 27.6 Å². The molecule has 0 unspecified atom stereocenters. The summed E-state index contributed by atoms with van der Waals surface area (Å²) < 4.78 is 12.5. The molecule has 0 aliphatic heterocycles. The zero-order chi connectivity index (χ0) is 10.1. The molecule has 0 saturated heterocycles. The van der Waals surface area contributed by atoms with Crippen LogP contribution < -0.4 is 9.47 Å². The van der Waals surface area contributed by atoms with Gasteiger partial charge in [0.2, 0.25) is 0 Å². The third-order valence-corrected chi connectivity index (χ3v) is 3.58. The Labute approximate surface area is 99.2 Å². The molecule has 3 nitrogen and oxygen atoms in total. The predicted molar refractivity (Wildman–Crippen MR) is 65.4 cm³/mol. The first kappa shape index (κ1) is 9.97. The monoisotopic (exact) mass is 321 g/mol. The molecule has 0 aliphatic rings. The van der Waals surface area contributed by atoms with E-state index in [9.17, 15) is 0 Å². The number of aromatic nitrogens is 1. The first-order chi connectivity index (χ1) is 6.74. The van der Waals surface area contributed by atoms with Crippen LogP contribution >= 0.6 is 33.9 Å². The van der Waals surface area contributed by atoms with Gasteiger partial charge in [0.15, 0.2) is 14.5 Å². The minimum Gasteiger partial charge on any atom is -0.493 e. The average molecular weight is 321 g/mol. The lowest BCUT2D eigenvalue weighted by Gasteiger charge is -2.05. The van der Waals surface area contributed by atoms with Crippen LogP contribution in [0.4, 0.5) is 0 Å². The summed E-state index contributed by atoms with van der Waals surface area (Å²) in [5, 5.41) is 0. The fraction of sp³-hybridized carbons (Fsp3) is 0.222. The Morgan fingerprint density at radius 1 is 1.21 bits per heavy atom. The highest BCUT2D eigenvalue weighted by molar-refractivity contribution is 14.1. The number of fused-ring (bicyclic) bond motifs is 1. The number of hydrogen-bond acceptors (Lipinski definition) is 4. The Morgan fingerprint density at radius 2 is 1.86 bits per heavy atom. The maximum Gasteiger partial charge on any atom is 0.162 e. The largest absolute Gasteiger partial charge is 0.493 e. The number of rotatable bonds is 2. The highest BCUT2D eigenvalue weighted by Gasteiger charge is 2.08. The average Bonchev–Trinajstić information content (AvgIpc) is 2.54. The molecule has 1 heterocycles. The van der Waals surface area contributed by atoms with E-state index in [1.807, 2.05) is 12.1 Å². The molecular weight excluding hydrogens is 313 g/mol. The van der Waals surface area contributed by atoms with Gasteiger partial charge in [-0.1, -0.05) is 0 Å². The van der Waals surface area contributed by atoms with Crippen molar-refractivity contribution < 1.29 is 9.47 Å². The standard InChI is InChI=1S/C9H8INO2S/c1-12-6-3-5-8(4-7(6)13-2)14-9(10)11-5/h3-4H,1-2H3. The highest BCUT2D eigenvalue weighted by Crippen LogP contribution is 2.34. The van der Waals surface area contributed by atoms with Crippen molar-refractivity contribution in [1.82, 2.24) is 4.98 Å². The summed E-state index contributed by atoms with van der Waals surface area (Å²) in [4.78, 5) is 4.37. The van der Waals surface area contributed by atoms with E-state index in [1.165, 1.54) is 0 Å². The molecule has 2 aromatic rings. The van der Waals surface area contributed by atoms with Gasteiger partial charge in [0.05, 0.1) is 24.4 Å². The zero-order valence-corrected chi connectivity index (χ0v) is 10.7.